The Hall–Kier alpha value is -1.000. The van der Waals surface area contributed by atoms with Gasteiger partial charge in [-0.1, -0.05) is 26.0 Å². The predicted octanol–water partition coefficient (Wildman–Crippen LogP) is 6.96. The van der Waals surface area contributed by atoms with Gasteiger partial charge >= 0.3 is 0 Å². The second-order valence-electron chi connectivity index (χ2n) is 6.33. The number of aryl methyl sites for hydroxylation is 2. The molecule has 0 saturated carbocycles. The van der Waals surface area contributed by atoms with E-state index in [1.54, 1.807) is 0 Å². The lowest BCUT2D eigenvalue weighted by Gasteiger charge is -2.21. The van der Waals surface area contributed by atoms with Gasteiger partial charge in [0.1, 0.15) is 11.5 Å². The molecule has 0 N–H and O–H groups in total. The van der Waals surface area contributed by atoms with Crippen LogP contribution in [-0.4, -0.2) is 12.2 Å². The highest BCUT2D eigenvalue weighted by molar-refractivity contribution is 9.10. The SMILES string of the molecule is CCc1ccc(OC(C)CC(C)Oc2ccc(CC)cc2Br)c(Br)c1. The second kappa shape index (κ2) is 9.63. The smallest absolute Gasteiger partial charge is 0.133 e. The maximum atomic E-state index is 6.08. The minimum absolute atomic E-state index is 0.0625. The highest BCUT2D eigenvalue weighted by Crippen LogP contribution is 2.30. The average Bonchev–Trinajstić information content (AvgIpc) is 2.58. The largest absolute Gasteiger partial charge is 0.489 e. The van der Waals surface area contributed by atoms with E-state index in [-0.39, 0.29) is 12.2 Å². The van der Waals surface area contributed by atoms with Gasteiger partial charge < -0.3 is 9.47 Å². The van der Waals surface area contributed by atoms with Crippen LogP contribution in [0.3, 0.4) is 0 Å². The molecule has 0 amide bonds. The molecule has 4 heteroatoms. The van der Waals surface area contributed by atoms with Crippen molar-refractivity contribution in [1.82, 2.24) is 0 Å². The summed E-state index contributed by atoms with van der Waals surface area (Å²) in [6.07, 6.45) is 2.97. The third-order valence-electron chi connectivity index (χ3n) is 4.13. The van der Waals surface area contributed by atoms with Crippen LogP contribution >= 0.6 is 31.9 Å². The summed E-state index contributed by atoms with van der Waals surface area (Å²) >= 11 is 7.19. The summed E-state index contributed by atoms with van der Waals surface area (Å²) in [4.78, 5) is 0. The minimum Gasteiger partial charge on any atom is -0.489 e. The molecule has 2 unspecified atom stereocenters. The number of benzene rings is 2. The highest BCUT2D eigenvalue weighted by Gasteiger charge is 2.14. The molecule has 2 aromatic carbocycles. The van der Waals surface area contributed by atoms with Gasteiger partial charge in [-0.15, -0.1) is 0 Å². The normalized spacial score (nSPS) is 13.4. The van der Waals surface area contributed by atoms with E-state index in [0.717, 1.165) is 39.7 Å². The molecule has 2 aromatic rings. The first-order valence-corrected chi connectivity index (χ1v) is 10.4. The summed E-state index contributed by atoms with van der Waals surface area (Å²) in [5.41, 5.74) is 2.59. The third-order valence-corrected chi connectivity index (χ3v) is 5.37. The van der Waals surface area contributed by atoms with Gasteiger partial charge in [0.25, 0.3) is 0 Å². The summed E-state index contributed by atoms with van der Waals surface area (Å²) in [6.45, 7) is 8.45. The number of halogens is 2. The predicted molar refractivity (Wildman–Crippen MR) is 112 cm³/mol. The standard InChI is InChI=1S/C21H26Br2O2/c1-5-16-7-9-20(18(22)12-16)24-14(3)11-15(4)25-21-10-8-17(6-2)13-19(21)23/h7-10,12-15H,5-6,11H2,1-4H3. The van der Waals surface area contributed by atoms with E-state index in [4.69, 9.17) is 9.47 Å². The fourth-order valence-corrected chi connectivity index (χ4v) is 3.76. The van der Waals surface area contributed by atoms with Crippen LogP contribution in [0.4, 0.5) is 0 Å². The van der Waals surface area contributed by atoms with Crippen LogP contribution in [0.25, 0.3) is 0 Å². The van der Waals surface area contributed by atoms with Crippen LogP contribution < -0.4 is 9.47 Å². The van der Waals surface area contributed by atoms with Gasteiger partial charge in [0.15, 0.2) is 0 Å². The van der Waals surface area contributed by atoms with E-state index in [9.17, 15) is 0 Å². The molecule has 2 rings (SSSR count). The molecule has 0 heterocycles. The van der Waals surface area contributed by atoms with Crippen molar-refractivity contribution in [1.29, 1.82) is 0 Å². The fraction of sp³-hybridized carbons (Fsp3) is 0.429. The Morgan fingerprint density at radius 3 is 1.48 bits per heavy atom. The first kappa shape index (κ1) is 20.3. The van der Waals surface area contributed by atoms with E-state index in [1.165, 1.54) is 11.1 Å². The van der Waals surface area contributed by atoms with E-state index in [2.05, 4.69) is 83.8 Å². The van der Waals surface area contributed by atoms with Crippen molar-refractivity contribution in [3.8, 4) is 11.5 Å². The van der Waals surface area contributed by atoms with E-state index in [0.29, 0.717) is 0 Å². The van der Waals surface area contributed by atoms with Crippen LogP contribution in [0.2, 0.25) is 0 Å². The quantitative estimate of drug-likeness (QED) is 0.415. The zero-order valence-corrected chi connectivity index (χ0v) is 18.5. The van der Waals surface area contributed by atoms with Crippen LogP contribution in [0.1, 0.15) is 45.2 Å². The molecule has 0 radical (unpaired) electrons. The van der Waals surface area contributed by atoms with Crippen LogP contribution in [-0.2, 0) is 12.8 Å². The number of ether oxygens (including phenoxy) is 2. The van der Waals surface area contributed by atoms with Crippen LogP contribution in [0, 0.1) is 0 Å². The lowest BCUT2D eigenvalue weighted by molar-refractivity contribution is 0.130. The first-order valence-electron chi connectivity index (χ1n) is 8.83. The maximum Gasteiger partial charge on any atom is 0.133 e. The zero-order chi connectivity index (χ0) is 18.4. The van der Waals surface area contributed by atoms with Gasteiger partial charge in [-0.25, -0.2) is 0 Å². The van der Waals surface area contributed by atoms with Gasteiger partial charge in [-0.05, 0) is 93.9 Å². The van der Waals surface area contributed by atoms with Crippen LogP contribution in [0.5, 0.6) is 11.5 Å². The molecule has 0 aromatic heterocycles. The van der Waals surface area contributed by atoms with Crippen LogP contribution in [0.15, 0.2) is 45.3 Å². The summed E-state index contributed by atoms with van der Waals surface area (Å²) in [5.74, 6) is 1.76. The molecule has 0 bridgehead atoms. The van der Waals surface area contributed by atoms with Crippen molar-refractivity contribution in [2.24, 2.45) is 0 Å². The number of rotatable bonds is 8. The fourth-order valence-electron chi connectivity index (χ4n) is 2.72. The summed E-state index contributed by atoms with van der Waals surface area (Å²) in [6, 6.07) is 12.5. The van der Waals surface area contributed by atoms with E-state index in [1.807, 2.05) is 12.1 Å². The number of hydrogen-bond acceptors (Lipinski definition) is 2. The van der Waals surface area contributed by atoms with Gasteiger partial charge in [0.2, 0.25) is 0 Å². The van der Waals surface area contributed by atoms with Crippen molar-refractivity contribution in [2.75, 3.05) is 0 Å². The van der Waals surface area contributed by atoms with Crippen molar-refractivity contribution in [3.05, 3.63) is 56.5 Å². The molecule has 0 saturated heterocycles. The first-order chi connectivity index (χ1) is 11.9. The number of hydrogen-bond donors (Lipinski definition) is 0. The zero-order valence-electron chi connectivity index (χ0n) is 15.3. The molecule has 136 valence electrons. The van der Waals surface area contributed by atoms with E-state index < -0.39 is 0 Å². The van der Waals surface area contributed by atoms with Crippen molar-refractivity contribution < 1.29 is 9.47 Å². The Labute approximate surface area is 168 Å². The average molecular weight is 470 g/mol. The molecule has 0 fully saturated rings. The van der Waals surface area contributed by atoms with Crippen molar-refractivity contribution >= 4 is 31.9 Å². The van der Waals surface area contributed by atoms with Crippen molar-refractivity contribution in [2.45, 2.75) is 59.2 Å². The molecule has 25 heavy (non-hydrogen) atoms. The Bertz CT molecular complexity index is 641. The Morgan fingerprint density at radius 2 is 1.16 bits per heavy atom. The molecule has 2 nitrogen and oxygen atoms in total. The Kier molecular flexibility index (Phi) is 7.82. The minimum atomic E-state index is 0.0625. The van der Waals surface area contributed by atoms with Crippen molar-refractivity contribution in [3.63, 3.8) is 0 Å². The monoisotopic (exact) mass is 468 g/mol. The molecule has 0 aliphatic carbocycles. The molecule has 0 aliphatic rings. The molecule has 2 atom stereocenters. The summed E-state index contributed by atoms with van der Waals surface area (Å²) < 4.78 is 14.2. The molecular weight excluding hydrogens is 444 g/mol. The van der Waals surface area contributed by atoms with Gasteiger partial charge in [-0.2, -0.15) is 0 Å². The van der Waals surface area contributed by atoms with Gasteiger partial charge in [0, 0.05) is 6.42 Å². The molecule has 0 spiro atoms. The van der Waals surface area contributed by atoms with E-state index >= 15 is 0 Å². The van der Waals surface area contributed by atoms with Gasteiger partial charge in [-0.3, -0.25) is 0 Å². The Balaban J connectivity index is 1.92. The lowest BCUT2D eigenvalue weighted by atomic mass is 10.1. The summed E-state index contributed by atoms with van der Waals surface area (Å²) in [7, 11) is 0. The Morgan fingerprint density at radius 1 is 0.760 bits per heavy atom. The lowest BCUT2D eigenvalue weighted by Crippen LogP contribution is -2.23. The maximum absolute atomic E-state index is 6.08. The second-order valence-corrected chi connectivity index (χ2v) is 8.04. The highest BCUT2D eigenvalue weighted by atomic mass is 79.9. The van der Waals surface area contributed by atoms with Gasteiger partial charge in [0.05, 0.1) is 21.2 Å². The molecule has 0 aliphatic heterocycles. The molecular formula is C21H26Br2O2. The topological polar surface area (TPSA) is 18.5 Å². The third kappa shape index (κ3) is 6.03. The summed E-state index contributed by atoms with van der Waals surface area (Å²) in [5, 5.41) is 0.